The molecule has 1 heterocycles. The van der Waals surface area contributed by atoms with Gasteiger partial charge in [-0.05, 0) is 35.8 Å². The number of benzene rings is 2. The molecule has 0 spiro atoms. The lowest BCUT2D eigenvalue weighted by Gasteiger charge is -2.40. The van der Waals surface area contributed by atoms with Crippen LogP contribution in [0.1, 0.15) is 30.4 Å². The second kappa shape index (κ2) is 7.34. The number of carbonyl (C=O) groups excluding carboxylic acids is 2. The molecular formula is C21H19ClO4. The quantitative estimate of drug-likeness (QED) is 0.749. The van der Waals surface area contributed by atoms with E-state index in [0.717, 1.165) is 11.1 Å². The maximum absolute atomic E-state index is 13.1. The Hall–Kier alpha value is -2.59. The number of allylic oxidation sites excluding steroid dienone is 1. The first-order valence-electron chi connectivity index (χ1n) is 8.36. The summed E-state index contributed by atoms with van der Waals surface area (Å²) in [6, 6.07) is 16.8. The van der Waals surface area contributed by atoms with Crippen LogP contribution < -0.4 is 0 Å². The van der Waals surface area contributed by atoms with Crippen LogP contribution >= 0.6 is 11.6 Å². The van der Waals surface area contributed by atoms with Crippen LogP contribution in [0.25, 0.3) is 0 Å². The molecule has 0 unspecified atom stereocenters. The normalized spacial score (nSPS) is 22.3. The molecule has 0 aromatic heterocycles. The van der Waals surface area contributed by atoms with Gasteiger partial charge in [0.1, 0.15) is 5.41 Å². The van der Waals surface area contributed by atoms with Crippen LogP contribution in [0.3, 0.4) is 0 Å². The van der Waals surface area contributed by atoms with Crippen LogP contribution in [-0.4, -0.2) is 19.0 Å². The van der Waals surface area contributed by atoms with E-state index in [0.29, 0.717) is 11.4 Å². The maximum Gasteiger partial charge on any atom is 0.373 e. The number of ether oxygens (including phenoxy) is 2. The fraction of sp³-hybridized carbons (Fsp3) is 0.238. The third kappa shape index (κ3) is 3.01. The van der Waals surface area contributed by atoms with Crippen molar-refractivity contribution < 1.29 is 19.1 Å². The van der Waals surface area contributed by atoms with E-state index in [1.54, 1.807) is 18.2 Å². The summed E-state index contributed by atoms with van der Waals surface area (Å²) in [7, 11) is 1.26. The Balaban J connectivity index is 2.23. The molecule has 0 fully saturated rings. The van der Waals surface area contributed by atoms with Crippen molar-refractivity contribution in [3.05, 3.63) is 82.6 Å². The van der Waals surface area contributed by atoms with Crippen LogP contribution in [0, 0.1) is 0 Å². The minimum absolute atomic E-state index is 0.0793. The second-order valence-electron chi connectivity index (χ2n) is 6.13. The minimum atomic E-state index is -0.955. The van der Waals surface area contributed by atoms with Gasteiger partial charge in [0, 0.05) is 10.9 Å². The first-order chi connectivity index (χ1) is 12.5. The van der Waals surface area contributed by atoms with Gasteiger partial charge in [0.25, 0.3) is 0 Å². The van der Waals surface area contributed by atoms with E-state index in [9.17, 15) is 9.59 Å². The molecule has 4 nitrogen and oxygen atoms in total. The smallest absolute Gasteiger partial charge is 0.373 e. The number of halogens is 1. The monoisotopic (exact) mass is 370 g/mol. The zero-order valence-corrected chi connectivity index (χ0v) is 15.3. The van der Waals surface area contributed by atoms with Gasteiger partial charge in [-0.25, -0.2) is 4.79 Å². The number of esters is 2. The molecule has 0 saturated heterocycles. The molecule has 1 aliphatic heterocycles. The van der Waals surface area contributed by atoms with Crippen LogP contribution in [0.2, 0.25) is 5.02 Å². The SMILES string of the molecule is CC[C@]1(c2ccc(Cl)cc2)C(=O)OC(C(=O)OC)=C[C@H]1c1ccccc1. The Morgan fingerprint density at radius 3 is 2.38 bits per heavy atom. The molecule has 2 aromatic carbocycles. The van der Waals surface area contributed by atoms with Crippen molar-refractivity contribution >= 4 is 23.5 Å². The molecule has 2 atom stereocenters. The Morgan fingerprint density at radius 1 is 1.15 bits per heavy atom. The van der Waals surface area contributed by atoms with Crippen LogP contribution in [-0.2, 0) is 24.5 Å². The highest BCUT2D eigenvalue weighted by Crippen LogP contribution is 2.47. The van der Waals surface area contributed by atoms with Crippen molar-refractivity contribution in [1.29, 1.82) is 0 Å². The molecular weight excluding hydrogens is 352 g/mol. The number of methoxy groups -OCH3 is 1. The third-order valence-electron chi connectivity index (χ3n) is 4.88. The lowest BCUT2D eigenvalue weighted by molar-refractivity contribution is -0.156. The first kappa shape index (κ1) is 18.2. The van der Waals surface area contributed by atoms with E-state index < -0.39 is 17.4 Å². The van der Waals surface area contributed by atoms with Crippen molar-refractivity contribution in [3.63, 3.8) is 0 Å². The van der Waals surface area contributed by atoms with Gasteiger partial charge in [-0.15, -0.1) is 0 Å². The highest BCUT2D eigenvalue weighted by molar-refractivity contribution is 6.30. The lowest BCUT2D eigenvalue weighted by Crippen LogP contribution is -2.45. The van der Waals surface area contributed by atoms with Gasteiger partial charge >= 0.3 is 11.9 Å². The highest BCUT2D eigenvalue weighted by Gasteiger charge is 2.51. The molecule has 26 heavy (non-hydrogen) atoms. The summed E-state index contributed by atoms with van der Waals surface area (Å²) in [6.45, 7) is 1.93. The number of cyclic esters (lactones) is 1. The van der Waals surface area contributed by atoms with Crippen LogP contribution in [0.4, 0.5) is 0 Å². The van der Waals surface area contributed by atoms with Gasteiger partial charge < -0.3 is 9.47 Å². The van der Waals surface area contributed by atoms with Gasteiger partial charge in [-0.1, -0.05) is 61.0 Å². The van der Waals surface area contributed by atoms with E-state index in [1.165, 1.54) is 7.11 Å². The van der Waals surface area contributed by atoms with Crippen molar-refractivity contribution in [2.45, 2.75) is 24.7 Å². The Morgan fingerprint density at radius 2 is 1.81 bits per heavy atom. The third-order valence-corrected chi connectivity index (χ3v) is 5.13. The van der Waals surface area contributed by atoms with Gasteiger partial charge in [0.2, 0.25) is 5.76 Å². The van der Waals surface area contributed by atoms with Crippen LogP contribution in [0.5, 0.6) is 0 Å². The van der Waals surface area contributed by atoms with Crippen molar-refractivity contribution in [1.82, 2.24) is 0 Å². The molecule has 0 amide bonds. The van der Waals surface area contributed by atoms with E-state index >= 15 is 0 Å². The van der Waals surface area contributed by atoms with Crippen LogP contribution in [0.15, 0.2) is 66.4 Å². The summed E-state index contributed by atoms with van der Waals surface area (Å²) in [5, 5.41) is 0.589. The van der Waals surface area contributed by atoms with Gasteiger partial charge in [0.05, 0.1) is 7.11 Å². The number of hydrogen-bond acceptors (Lipinski definition) is 4. The topological polar surface area (TPSA) is 52.6 Å². The van der Waals surface area contributed by atoms with E-state index in [1.807, 2.05) is 49.4 Å². The average molecular weight is 371 g/mol. The lowest BCUT2D eigenvalue weighted by atomic mass is 9.64. The number of carbonyl (C=O) groups is 2. The highest BCUT2D eigenvalue weighted by atomic mass is 35.5. The summed E-state index contributed by atoms with van der Waals surface area (Å²) in [5.41, 5.74) is 0.759. The molecule has 1 aliphatic rings. The predicted molar refractivity (Wildman–Crippen MR) is 98.8 cm³/mol. The average Bonchev–Trinajstić information content (AvgIpc) is 2.68. The standard InChI is InChI=1S/C21H19ClO4/c1-3-21(15-9-11-16(22)12-10-15)17(14-7-5-4-6-8-14)13-18(19(23)25-2)26-20(21)24/h4-13,17H,3H2,1-2H3/t17-,21+/m0/s1. The van der Waals surface area contributed by atoms with E-state index in [2.05, 4.69) is 0 Å². The minimum Gasteiger partial charge on any atom is -0.463 e. The summed E-state index contributed by atoms with van der Waals surface area (Å²) in [4.78, 5) is 25.1. The fourth-order valence-corrected chi connectivity index (χ4v) is 3.64. The zero-order valence-electron chi connectivity index (χ0n) is 14.6. The largest absolute Gasteiger partial charge is 0.463 e. The summed E-state index contributed by atoms with van der Waals surface area (Å²) in [5.74, 6) is -1.59. The number of rotatable bonds is 4. The summed E-state index contributed by atoms with van der Waals surface area (Å²) in [6.07, 6.45) is 2.18. The van der Waals surface area contributed by atoms with Crippen molar-refractivity contribution in [3.8, 4) is 0 Å². The summed E-state index contributed by atoms with van der Waals surface area (Å²) >= 11 is 6.02. The van der Waals surface area contributed by atoms with E-state index in [4.69, 9.17) is 21.1 Å². The molecule has 0 radical (unpaired) electrons. The molecule has 0 saturated carbocycles. The fourth-order valence-electron chi connectivity index (χ4n) is 3.51. The van der Waals surface area contributed by atoms with E-state index in [-0.39, 0.29) is 11.7 Å². The van der Waals surface area contributed by atoms with Gasteiger partial charge in [0.15, 0.2) is 0 Å². The molecule has 134 valence electrons. The molecule has 5 heteroatoms. The Bertz CT molecular complexity index is 842. The molecule has 3 rings (SSSR count). The molecule has 0 aliphatic carbocycles. The molecule has 2 aromatic rings. The molecule has 0 N–H and O–H groups in total. The predicted octanol–water partition coefficient (Wildman–Crippen LogP) is 4.39. The van der Waals surface area contributed by atoms with Crippen molar-refractivity contribution in [2.75, 3.05) is 7.11 Å². The Labute approximate surface area is 157 Å². The Kier molecular flexibility index (Phi) is 5.14. The zero-order chi connectivity index (χ0) is 18.7. The maximum atomic E-state index is 13.1. The first-order valence-corrected chi connectivity index (χ1v) is 8.74. The number of hydrogen-bond donors (Lipinski definition) is 0. The summed E-state index contributed by atoms with van der Waals surface area (Å²) < 4.78 is 10.1. The van der Waals surface area contributed by atoms with Gasteiger partial charge in [-0.3, -0.25) is 4.79 Å². The van der Waals surface area contributed by atoms with Gasteiger partial charge in [-0.2, -0.15) is 0 Å². The second-order valence-corrected chi connectivity index (χ2v) is 6.57. The van der Waals surface area contributed by atoms with Crippen molar-refractivity contribution in [2.24, 2.45) is 0 Å². The molecule has 0 bridgehead atoms.